The van der Waals surface area contributed by atoms with Crippen LogP contribution in [0.3, 0.4) is 0 Å². The van der Waals surface area contributed by atoms with Crippen molar-refractivity contribution in [2.24, 2.45) is 0 Å². The highest BCUT2D eigenvalue weighted by molar-refractivity contribution is 8.01. The van der Waals surface area contributed by atoms with Crippen LogP contribution in [0, 0.1) is 0 Å². The molecule has 2 saturated heterocycles. The SMILES string of the molecule is O=C1C[C@@](Sc2ccccc2)(C(=O)NCCCN2CCOCC2)[C@@H](c2c[nH]c3cc(Cl)ccc23)N1Cc1ccc(Cl)cc1. The van der Waals surface area contributed by atoms with Crippen LogP contribution in [0.1, 0.15) is 30.0 Å². The van der Waals surface area contributed by atoms with Gasteiger partial charge in [0.05, 0.1) is 25.7 Å². The lowest BCUT2D eigenvalue weighted by Crippen LogP contribution is -2.48. The molecule has 0 radical (unpaired) electrons. The van der Waals surface area contributed by atoms with Gasteiger partial charge in [0.25, 0.3) is 0 Å². The van der Waals surface area contributed by atoms with Crippen LogP contribution in [-0.4, -0.2) is 70.7 Å². The molecule has 0 bridgehead atoms. The van der Waals surface area contributed by atoms with E-state index in [0.29, 0.717) is 23.1 Å². The van der Waals surface area contributed by atoms with Crippen molar-refractivity contribution in [2.75, 3.05) is 39.4 Å². The molecule has 2 aliphatic rings. The summed E-state index contributed by atoms with van der Waals surface area (Å²) in [7, 11) is 0. The first-order chi connectivity index (χ1) is 20.9. The van der Waals surface area contributed by atoms with Crippen LogP contribution in [0.4, 0.5) is 0 Å². The van der Waals surface area contributed by atoms with Gasteiger partial charge >= 0.3 is 0 Å². The molecule has 2 atom stereocenters. The average molecular weight is 638 g/mol. The number of benzene rings is 3. The van der Waals surface area contributed by atoms with E-state index in [-0.39, 0.29) is 18.2 Å². The lowest BCUT2D eigenvalue weighted by atomic mass is 9.91. The minimum atomic E-state index is -1.11. The Kier molecular flexibility index (Phi) is 9.31. The first-order valence-electron chi connectivity index (χ1n) is 14.6. The van der Waals surface area contributed by atoms with Crippen molar-refractivity contribution in [3.63, 3.8) is 0 Å². The van der Waals surface area contributed by atoms with Crippen LogP contribution in [0.25, 0.3) is 10.9 Å². The molecule has 3 aromatic carbocycles. The summed E-state index contributed by atoms with van der Waals surface area (Å²) in [4.78, 5) is 37.0. The Morgan fingerprint density at radius 1 is 1.02 bits per heavy atom. The Morgan fingerprint density at radius 3 is 2.53 bits per heavy atom. The summed E-state index contributed by atoms with van der Waals surface area (Å²) in [5.41, 5.74) is 2.69. The molecule has 1 aromatic heterocycles. The molecule has 43 heavy (non-hydrogen) atoms. The zero-order valence-electron chi connectivity index (χ0n) is 23.7. The molecule has 0 saturated carbocycles. The number of hydrogen-bond acceptors (Lipinski definition) is 5. The maximum Gasteiger partial charge on any atom is 0.239 e. The van der Waals surface area contributed by atoms with Crippen molar-refractivity contribution >= 4 is 57.7 Å². The quantitative estimate of drug-likeness (QED) is 0.199. The average Bonchev–Trinajstić information content (AvgIpc) is 3.54. The number of ether oxygens (including phenoxy) is 1. The summed E-state index contributed by atoms with van der Waals surface area (Å²) in [5.74, 6) is -0.209. The molecular weight excluding hydrogens is 603 g/mol. The van der Waals surface area contributed by atoms with Crippen molar-refractivity contribution in [3.8, 4) is 0 Å². The largest absolute Gasteiger partial charge is 0.379 e. The van der Waals surface area contributed by atoms with Crippen LogP contribution in [0.15, 0.2) is 83.9 Å². The number of nitrogens with zero attached hydrogens (tertiary/aromatic N) is 2. The zero-order valence-corrected chi connectivity index (χ0v) is 26.1. The number of rotatable bonds is 10. The van der Waals surface area contributed by atoms with Crippen LogP contribution in [-0.2, 0) is 20.9 Å². The number of hydrogen-bond donors (Lipinski definition) is 2. The van der Waals surface area contributed by atoms with Gasteiger partial charge in [-0.25, -0.2) is 0 Å². The van der Waals surface area contributed by atoms with Crippen molar-refractivity contribution < 1.29 is 14.3 Å². The van der Waals surface area contributed by atoms with Gasteiger partial charge in [-0.2, -0.15) is 0 Å². The number of morpholine rings is 1. The van der Waals surface area contributed by atoms with E-state index in [1.54, 1.807) is 0 Å². The summed E-state index contributed by atoms with van der Waals surface area (Å²) < 4.78 is 4.35. The van der Waals surface area contributed by atoms with Crippen LogP contribution in [0.2, 0.25) is 10.0 Å². The van der Waals surface area contributed by atoms with Gasteiger partial charge in [-0.3, -0.25) is 14.5 Å². The number of carbonyl (C=O) groups excluding carboxylic acids is 2. The van der Waals surface area contributed by atoms with Crippen molar-refractivity contribution in [1.29, 1.82) is 0 Å². The molecule has 7 nitrogen and oxygen atoms in total. The lowest BCUT2D eigenvalue weighted by molar-refractivity contribution is -0.129. The molecule has 6 rings (SSSR count). The third-order valence-corrected chi connectivity index (χ3v) is 10.1. The number of amides is 2. The Morgan fingerprint density at radius 2 is 1.77 bits per heavy atom. The number of aromatic amines is 1. The van der Waals surface area contributed by atoms with Gasteiger partial charge in [0.2, 0.25) is 11.8 Å². The number of aromatic nitrogens is 1. The van der Waals surface area contributed by atoms with Crippen LogP contribution >= 0.6 is 35.0 Å². The van der Waals surface area contributed by atoms with E-state index >= 15 is 0 Å². The summed E-state index contributed by atoms with van der Waals surface area (Å²) >= 11 is 14.0. The fraction of sp³-hybridized carbons (Fsp3) is 0.333. The van der Waals surface area contributed by atoms with Gasteiger partial charge in [0, 0.05) is 63.8 Å². The van der Waals surface area contributed by atoms with Crippen LogP contribution < -0.4 is 5.32 Å². The van der Waals surface area contributed by atoms with E-state index in [1.807, 2.05) is 83.9 Å². The van der Waals surface area contributed by atoms with Gasteiger partial charge < -0.3 is 19.9 Å². The molecule has 4 aromatic rings. The van der Waals surface area contributed by atoms with E-state index in [9.17, 15) is 9.59 Å². The second-order valence-corrected chi connectivity index (χ2v) is 13.3. The van der Waals surface area contributed by atoms with Gasteiger partial charge in [-0.05, 0) is 54.9 Å². The molecule has 0 unspecified atom stereocenters. The first kappa shape index (κ1) is 30.0. The number of thioether (sulfide) groups is 1. The number of likely N-dealkylation sites (tertiary alicyclic amines) is 1. The van der Waals surface area contributed by atoms with E-state index < -0.39 is 10.8 Å². The van der Waals surface area contributed by atoms with Crippen molar-refractivity contribution in [1.82, 2.24) is 20.1 Å². The van der Waals surface area contributed by atoms with E-state index in [2.05, 4.69) is 15.2 Å². The molecule has 224 valence electrons. The third-order valence-electron chi connectivity index (χ3n) is 8.19. The second-order valence-electron chi connectivity index (χ2n) is 11.0. The summed E-state index contributed by atoms with van der Waals surface area (Å²) in [6.07, 6.45) is 2.81. The molecule has 10 heteroatoms. The fourth-order valence-corrected chi connectivity index (χ4v) is 7.81. The Balaban J connectivity index is 1.38. The molecule has 3 heterocycles. The molecule has 2 fully saturated rings. The predicted octanol–water partition coefficient (Wildman–Crippen LogP) is 6.32. The highest BCUT2D eigenvalue weighted by atomic mass is 35.5. The van der Waals surface area contributed by atoms with Crippen LogP contribution in [0.5, 0.6) is 0 Å². The first-order valence-corrected chi connectivity index (χ1v) is 16.1. The smallest absolute Gasteiger partial charge is 0.239 e. The standard InChI is InChI=1S/C33H34Cl2N4O3S/c34-24-9-7-23(8-10-24)22-39-30(40)20-33(43-26-5-2-1-3-6-26,32(41)36-13-4-14-38-15-17-42-18-16-38)31(39)28-21-37-29-19-25(35)11-12-27(28)29/h1-3,5-12,19,21,31,37H,4,13-18,20,22H2,(H,36,41)/t31-,33+/m1/s1. The lowest BCUT2D eigenvalue weighted by Gasteiger charge is -2.36. The molecule has 0 aliphatic carbocycles. The molecular formula is C33H34Cl2N4O3S. The number of fused-ring (bicyclic) bond motifs is 1. The maximum absolute atomic E-state index is 14.5. The van der Waals surface area contributed by atoms with Crippen molar-refractivity contribution in [3.05, 3.63) is 100 Å². The van der Waals surface area contributed by atoms with E-state index in [0.717, 1.165) is 66.2 Å². The zero-order chi connectivity index (χ0) is 29.8. The minimum absolute atomic E-state index is 0.0698. The number of halogens is 2. The molecule has 2 N–H and O–H groups in total. The Bertz CT molecular complexity index is 1580. The Hall–Kier alpha value is -3.01. The highest BCUT2D eigenvalue weighted by Gasteiger charge is 2.58. The molecule has 2 amide bonds. The molecule has 2 aliphatic heterocycles. The minimum Gasteiger partial charge on any atom is -0.379 e. The topological polar surface area (TPSA) is 77.7 Å². The maximum atomic E-state index is 14.5. The highest BCUT2D eigenvalue weighted by Crippen LogP contribution is 2.54. The summed E-state index contributed by atoms with van der Waals surface area (Å²) in [6, 6.07) is 22.5. The number of nitrogens with one attached hydrogen (secondary N) is 2. The normalized spacial score (nSPS) is 21.0. The third kappa shape index (κ3) is 6.59. The van der Waals surface area contributed by atoms with E-state index in [4.69, 9.17) is 27.9 Å². The second kappa shape index (κ2) is 13.3. The van der Waals surface area contributed by atoms with E-state index in [1.165, 1.54) is 11.8 Å². The van der Waals surface area contributed by atoms with Crippen molar-refractivity contribution in [2.45, 2.75) is 35.1 Å². The van der Waals surface area contributed by atoms with Gasteiger partial charge in [-0.1, -0.05) is 59.6 Å². The number of H-pyrrole nitrogens is 1. The number of carbonyl (C=O) groups is 2. The monoisotopic (exact) mass is 636 g/mol. The predicted molar refractivity (Wildman–Crippen MR) is 173 cm³/mol. The van der Waals surface area contributed by atoms with Gasteiger partial charge in [-0.15, -0.1) is 11.8 Å². The molecule has 0 spiro atoms. The summed E-state index contributed by atoms with van der Waals surface area (Å²) in [6.45, 7) is 5.05. The Labute approximate surface area is 265 Å². The summed E-state index contributed by atoms with van der Waals surface area (Å²) in [5, 5.41) is 5.42. The van der Waals surface area contributed by atoms with Gasteiger partial charge in [0.1, 0.15) is 4.75 Å². The fourth-order valence-electron chi connectivity index (χ4n) is 6.07. The van der Waals surface area contributed by atoms with Gasteiger partial charge in [0.15, 0.2) is 0 Å².